The highest BCUT2D eigenvalue weighted by atomic mass is 79.9. The molecule has 22 heavy (non-hydrogen) atoms. The van der Waals surface area contributed by atoms with Crippen LogP contribution < -0.4 is 5.32 Å². The standard InChI is InChI=1S/C15H14BrN3O3/c16-11-3-5-12(6-4-11)19-8-10(7-17-19)14(20)18-13(15(21)22)9-1-2-9/h3-9,13H,1-2H2,(H,18,20)(H,21,22). The van der Waals surface area contributed by atoms with Crippen molar-refractivity contribution in [2.24, 2.45) is 5.92 Å². The van der Waals surface area contributed by atoms with Gasteiger partial charge >= 0.3 is 5.97 Å². The summed E-state index contributed by atoms with van der Waals surface area (Å²) in [7, 11) is 0. The summed E-state index contributed by atoms with van der Waals surface area (Å²) in [4.78, 5) is 23.3. The fraction of sp³-hybridized carbons (Fsp3) is 0.267. The number of nitrogens with one attached hydrogen (secondary N) is 1. The van der Waals surface area contributed by atoms with Gasteiger partial charge in [-0.2, -0.15) is 5.10 Å². The maximum absolute atomic E-state index is 12.2. The molecule has 1 unspecified atom stereocenters. The third-order valence-electron chi connectivity index (χ3n) is 3.58. The molecule has 1 aromatic heterocycles. The van der Waals surface area contributed by atoms with Crippen LogP contribution in [0.4, 0.5) is 0 Å². The van der Waals surface area contributed by atoms with Gasteiger partial charge in [0.15, 0.2) is 0 Å². The predicted octanol–water partition coefficient (Wildman–Crippen LogP) is 2.23. The number of aliphatic carboxylic acids is 1. The summed E-state index contributed by atoms with van der Waals surface area (Å²) in [6.07, 6.45) is 4.71. The first-order valence-electron chi connectivity index (χ1n) is 6.89. The van der Waals surface area contributed by atoms with Crippen LogP contribution in [-0.4, -0.2) is 32.8 Å². The average Bonchev–Trinajstić information content (AvgIpc) is 3.21. The van der Waals surface area contributed by atoms with Gasteiger partial charge in [0.25, 0.3) is 5.91 Å². The monoisotopic (exact) mass is 363 g/mol. The Kier molecular flexibility index (Phi) is 3.98. The number of rotatable bonds is 5. The van der Waals surface area contributed by atoms with Crippen LogP contribution in [0.2, 0.25) is 0 Å². The van der Waals surface area contributed by atoms with Crippen molar-refractivity contribution in [2.45, 2.75) is 18.9 Å². The molecule has 114 valence electrons. The molecule has 1 fully saturated rings. The first kappa shape index (κ1) is 14.8. The smallest absolute Gasteiger partial charge is 0.326 e. The molecule has 7 heteroatoms. The number of carboxylic acid groups (broad SMARTS) is 1. The lowest BCUT2D eigenvalue weighted by molar-refractivity contribution is -0.139. The van der Waals surface area contributed by atoms with Gasteiger partial charge in [-0.05, 0) is 43.0 Å². The number of carboxylic acids is 1. The van der Waals surface area contributed by atoms with Crippen LogP contribution in [0, 0.1) is 5.92 Å². The molecule has 2 aromatic rings. The van der Waals surface area contributed by atoms with Crippen LogP contribution in [0.1, 0.15) is 23.2 Å². The molecule has 0 aliphatic heterocycles. The summed E-state index contributed by atoms with van der Waals surface area (Å²) >= 11 is 3.36. The molecule has 0 radical (unpaired) electrons. The number of nitrogens with zero attached hydrogens (tertiary/aromatic N) is 2. The Balaban J connectivity index is 1.74. The zero-order chi connectivity index (χ0) is 15.7. The third kappa shape index (κ3) is 3.19. The van der Waals surface area contributed by atoms with E-state index in [0.717, 1.165) is 23.0 Å². The molecule has 0 bridgehead atoms. The Hall–Kier alpha value is -2.15. The number of benzene rings is 1. The number of hydrogen-bond acceptors (Lipinski definition) is 3. The van der Waals surface area contributed by atoms with Gasteiger partial charge in [-0.15, -0.1) is 0 Å². The second kappa shape index (κ2) is 5.92. The minimum atomic E-state index is -0.990. The number of aromatic nitrogens is 2. The lowest BCUT2D eigenvalue weighted by Gasteiger charge is -2.12. The molecule has 1 aromatic carbocycles. The number of amides is 1. The molecular weight excluding hydrogens is 350 g/mol. The van der Waals surface area contributed by atoms with Gasteiger partial charge in [0.05, 0.1) is 17.4 Å². The van der Waals surface area contributed by atoms with E-state index in [4.69, 9.17) is 5.11 Å². The topological polar surface area (TPSA) is 84.2 Å². The highest BCUT2D eigenvalue weighted by molar-refractivity contribution is 9.10. The number of hydrogen-bond donors (Lipinski definition) is 2. The van der Waals surface area contributed by atoms with Crippen molar-refractivity contribution in [3.8, 4) is 5.69 Å². The van der Waals surface area contributed by atoms with Gasteiger partial charge in [-0.25, -0.2) is 9.48 Å². The van der Waals surface area contributed by atoms with Gasteiger partial charge in [0.2, 0.25) is 0 Å². The zero-order valence-electron chi connectivity index (χ0n) is 11.6. The molecule has 2 N–H and O–H groups in total. The second-order valence-electron chi connectivity index (χ2n) is 5.28. The first-order valence-corrected chi connectivity index (χ1v) is 7.68. The van der Waals surface area contributed by atoms with Crippen molar-refractivity contribution in [3.05, 3.63) is 46.7 Å². The van der Waals surface area contributed by atoms with E-state index in [2.05, 4.69) is 26.3 Å². The largest absolute Gasteiger partial charge is 0.480 e. The second-order valence-corrected chi connectivity index (χ2v) is 6.19. The van der Waals surface area contributed by atoms with Crippen molar-refractivity contribution >= 4 is 27.8 Å². The minimum Gasteiger partial charge on any atom is -0.480 e. The van der Waals surface area contributed by atoms with Crippen LogP contribution >= 0.6 is 15.9 Å². The summed E-state index contributed by atoms with van der Waals surface area (Å²) in [6.45, 7) is 0. The Morgan fingerprint density at radius 3 is 2.59 bits per heavy atom. The molecule has 3 rings (SSSR count). The fourth-order valence-corrected chi connectivity index (χ4v) is 2.47. The van der Waals surface area contributed by atoms with Crippen LogP contribution in [0.15, 0.2) is 41.1 Å². The van der Waals surface area contributed by atoms with E-state index in [1.165, 1.54) is 6.20 Å². The van der Waals surface area contributed by atoms with E-state index < -0.39 is 17.9 Å². The molecule has 1 heterocycles. The highest BCUT2D eigenvalue weighted by Crippen LogP contribution is 2.32. The van der Waals surface area contributed by atoms with E-state index in [-0.39, 0.29) is 5.92 Å². The summed E-state index contributed by atoms with van der Waals surface area (Å²) in [5, 5.41) is 15.9. The van der Waals surface area contributed by atoms with E-state index in [1.54, 1.807) is 10.9 Å². The van der Waals surface area contributed by atoms with Gasteiger partial charge in [-0.1, -0.05) is 15.9 Å². The molecule has 1 saturated carbocycles. The van der Waals surface area contributed by atoms with Gasteiger partial charge in [0, 0.05) is 10.7 Å². The van der Waals surface area contributed by atoms with E-state index >= 15 is 0 Å². The van der Waals surface area contributed by atoms with Gasteiger partial charge < -0.3 is 10.4 Å². The Bertz CT molecular complexity index is 707. The van der Waals surface area contributed by atoms with Crippen molar-refractivity contribution < 1.29 is 14.7 Å². The molecule has 0 spiro atoms. The van der Waals surface area contributed by atoms with Crippen molar-refractivity contribution in [1.29, 1.82) is 0 Å². The Labute approximate surface area is 135 Å². The van der Waals surface area contributed by atoms with E-state index in [0.29, 0.717) is 5.56 Å². The molecule has 0 saturated heterocycles. The minimum absolute atomic E-state index is 0.0444. The van der Waals surface area contributed by atoms with Crippen LogP contribution in [0.25, 0.3) is 5.69 Å². The summed E-state index contributed by atoms with van der Waals surface area (Å²) in [6, 6.07) is 6.67. The predicted molar refractivity (Wildman–Crippen MR) is 82.9 cm³/mol. The van der Waals surface area contributed by atoms with Gasteiger partial charge in [-0.3, -0.25) is 4.79 Å². The summed E-state index contributed by atoms with van der Waals surface area (Å²) in [5.74, 6) is -1.36. The fourth-order valence-electron chi connectivity index (χ4n) is 2.21. The molecule has 1 atom stereocenters. The molecule has 1 amide bonds. The third-order valence-corrected chi connectivity index (χ3v) is 4.11. The van der Waals surface area contributed by atoms with Gasteiger partial charge in [0.1, 0.15) is 6.04 Å². The number of halogens is 1. The van der Waals surface area contributed by atoms with Crippen LogP contribution in [-0.2, 0) is 4.79 Å². The zero-order valence-corrected chi connectivity index (χ0v) is 13.2. The SMILES string of the molecule is O=C(NC(C(=O)O)C1CC1)c1cnn(-c2ccc(Br)cc2)c1. The molecule has 1 aliphatic carbocycles. The lowest BCUT2D eigenvalue weighted by atomic mass is 10.2. The normalized spacial score (nSPS) is 15.3. The summed E-state index contributed by atoms with van der Waals surface area (Å²) in [5.41, 5.74) is 1.16. The van der Waals surface area contributed by atoms with Crippen LogP contribution in [0.3, 0.4) is 0 Å². The van der Waals surface area contributed by atoms with Crippen LogP contribution in [0.5, 0.6) is 0 Å². The van der Waals surface area contributed by atoms with Crippen molar-refractivity contribution in [3.63, 3.8) is 0 Å². The van der Waals surface area contributed by atoms with E-state index in [9.17, 15) is 9.59 Å². The number of carbonyl (C=O) groups excluding carboxylic acids is 1. The number of carbonyl (C=O) groups is 2. The molecule has 6 nitrogen and oxygen atoms in total. The first-order chi connectivity index (χ1) is 10.5. The summed E-state index contributed by atoms with van der Waals surface area (Å²) < 4.78 is 2.53. The maximum Gasteiger partial charge on any atom is 0.326 e. The van der Waals surface area contributed by atoms with Crippen molar-refractivity contribution in [2.75, 3.05) is 0 Å². The Morgan fingerprint density at radius 2 is 2.00 bits per heavy atom. The molecule has 1 aliphatic rings. The average molecular weight is 364 g/mol. The quantitative estimate of drug-likeness (QED) is 0.852. The highest BCUT2D eigenvalue weighted by Gasteiger charge is 2.37. The lowest BCUT2D eigenvalue weighted by Crippen LogP contribution is -2.42. The van der Waals surface area contributed by atoms with Crippen molar-refractivity contribution in [1.82, 2.24) is 15.1 Å². The molecular formula is C15H14BrN3O3. The van der Waals surface area contributed by atoms with E-state index in [1.807, 2.05) is 24.3 Å². The Morgan fingerprint density at radius 1 is 1.32 bits per heavy atom. The maximum atomic E-state index is 12.2.